The molecule has 14 nitrogen and oxygen atoms in total. The number of unbranched alkanes of at least 4 members (excludes halogenated alkanes) is 3. The summed E-state index contributed by atoms with van der Waals surface area (Å²) >= 11 is 5.83. The number of hydrogen-bond acceptors (Lipinski definition) is 13. The van der Waals surface area contributed by atoms with Crippen LogP contribution in [0.1, 0.15) is 97.1 Å². The molecule has 6 rings (SSSR count). The van der Waals surface area contributed by atoms with Gasteiger partial charge >= 0.3 is 11.9 Å². The molecular weight excluding hydrogens is 834 g/mol. The molecule has 0 radical (unpaired) electrons. The molecule has 63 heavy (non-hydrogen) atoms. The van der Waals surface area contributed by atoms with Crippen molar-refractivity contribution in [2.75, 3.05) is 50.9 Å². The molecule has 2 heterocycles. The number of aryl methyl sites for hydroxylation is 2. The first-order chi connectivity index (χ1) is 30.1. The van der Waals surface area contributed by atoms with Crippen molar-refractivity contribution in [2.24, 2.45) is 29.1 Å². The van der Waals surface area contributed by atoms with Crippen molar-refractivity contribution < 1.29 is 63.2 Å². The monoisotopic (exact) mass is 903 g/mol. The van der Waals surface area contributed by atoms with E-state index in [1.807, 2.05) is 26.8 Å². The average Bonchev–Trinajstić information content (AvgIpc) is 3.76. The van der Waals surface area contributed by atoms with Crippen molar-refractivity contribution in [2.45, 2.75) is 148 Å². The zero-order valence-electron chi connectivity index (χ0n) is 37.8. The number of aliphatic hydroxyl groups is 4. The van der Waals surface area contributed by atoms with Crippen LogP contribution in [-0.2, 0) is 55.6 Å². The van der Waals surface area contributed by atoms with Crippen LogP contribution in [-0.4, -0.2) is 133 Å². The molecule has 13 atom stereocenters. The predicted molar refractivity (Wildman–Crippen MR) is 235 cm³/mol. The molecular formula is C48H70ClNO13. The summed E-state index contributed by atoms with van der Waals surface area (Å²) in [5.41, 5.74) is 4.90. The van der Waals surface area contributed by atoms with Gasteiger partial charge in [0, 0.05) is 57.0 Å². The van der Waals surface area contributed by atoms with Crippen molar-refractivity contribution in [1.29, 1.82) is 0 Å². The highest BCUT2D eigenvalue weighted by Gasteiger charge is 2.56. The average molecular weight is 905 g/mol. The molecule has 15 heteroatoms. The fraction of sp³-hybridized carbons (Fsp3) is 0.729. The number of carbonyl (C=O) groups is 3. The molecule has 1 saturated heterocycles. The number of hydrogen-bond donors (Lipinski definition) is 4. The maximum absolute atomic E-state index is 12.4. The largest absolute Gasteiger partial charge is 0.465 e. The third-order valence-corrected chi connectivity index (χ3v) is 14.4. The van der Waals surface area contributed by atoms with Crippen LogP contribution in [0.5, 0.6) is 0 Å². The van der Waals surface area contributed by atoms with Gasteiger partial charge in [0.2, 0.25) is 5.91 Å². The van der Waals surface area contributed by atoms with E-state index in [0.717, 1.165) is 74.6 Å². The van der Waals surface area contributed by atoms with Crippen LogP contribution in [0.15, 0.2) is 41.0 Å². The van der Waals surface area contributed by atoms with Gasteiger partial charge in [-0.2, -0.15) is 0 Å². The van der Waals surface area contributed by atoms with E-state index in [1.54, 1.807) is 12.0 Å². The molecule has 2 fully saturated rings. The molecule has 0 aromatic heterocycles. The van der Waals surface area contributed by atoms with Crippen molar-refractivity contribution in [1.82, 2.24) is 0 Å². The summed E-state index contributed by atoms with van der Waals surface area (Å²) < 4.78 is 35.6. The number of esters is 2. The normalized spacial score (nSPS) is 34.2. The quantitative estimate of drug-likeness (QED) is 0.0670. The number of nitrogens with zero attached hydrogens (tertiary/aromatic N) is 1. The zero-order chi connectivity index (χ0) is 45.6. The second-order valence-corrected chi connectivity index (χ2v) is 18.9. The fourth-order valence-electron chi connectivity index (χ4n) is 10.7. The van der Waals surface area contributed by atoms with Gasteiger partial charge in [0.05, 0.1) is 32.0 Å². The summed E-state index contributed by atoms with van der Waals surface area (Å²) in [7, 11) is 1.67. The summed E-state index contributed by atoms with van der Waals surface area (Å²) in [6.45, 7) is 9.89. The van der Waals surface area contributed by atoms with Crippen LogP contribution in [0.3, 0.4) is 0 Å². The van der Waals surface area contributed by atoms with Gasteiger partial charge in [-0.3, -0.25) is 14.4 Å². The molecule has 1 amide bonds. The molecule has 0 bridgehead atoms. The molecule has 1 saturated carbocycles. The van der Waals surface area contributed by atoms with Gasteiger partial charge in [-0.15, -0.1) is 11.6 Å². The van der Waals surface area contributed by atoms with Gasteiger partial charge in [0.25, 0.3) is 0 Å². The number of halogens is 1. The SMILES string of the molecule is COC[C@H]1CC[C@@H]2/C1=C\[C@]1(C)C(=C([C@H](C)COC(C)=O)C[C@@H]1O)[C@@H](OC1OC(COCCCCCCc3ccc4c(c3)CCCN4C(=O)CCl)C(O)C(OC(C)=O)C1O)[C@H](O)[C@@H]2C. The Morgan fingerprint density at radius 3 is 2.48 bits per heavy atom. The van der Waals surface area contributed by atoms with Crippen molar-refractivity contribution >= 4 is 35.1 Å². The Morgan fingerprint density at radius 2 is 1.76 bits per heavy atom. The molecule has 4 N–H and O–H groups in total. The molecule has 1 aromatic rings. The highest BCUT2D eigenvalue weighted by molar-refractivity contribution is 6.29. The van der Waals surface area contributed by atoms with Crippen LogP contribution >= 0.6 is 11.6 Å². The highest BCUT2D eigenvalue weighted by atomic mass is 35.5. The minimum atomic E-state index is -1.64. The number of anilines is 1. The van der Waals surface area contributed by atoms with Crippen LogP contribution < -0.4 is 4.90 Å². The van der Waals surface area contributed by atoms with E-state index in [4.69, 9.17) is 40.0 Å². The summed E-state index contributed by atoms with van der Waals surface area (Å²) in [5, 5.41) is 47.4. The first kappa shape index (κ1) is 49.5. The van der Waals surface area contributed by atoms with Gasteiger partial charge in [-0.05, 0) is 92.9 Å². The van der Waals surface area contributed by atoms with E-state index in [-0.39, 0.29) is 55.1 Å². The molecule has 2 aliphatic heterocycles. The first-order valence-corrected chi connectivity index (χ1v) is 23.5. The number of aliphatic hydroxyl groups excluding tert-OH is 4. The van der Waals surface area contributed by atoms with E-state index < -0.39 is 66.4 Å². The van der Waals surface area contributed by atoms with E-state index >= 15 is 0 Å². The number of ether oxygens (including phenoxy) is 6. The molecule has 5 aliphatic rings. The second kappa shape index (κ2) is 22.0. The van der Waals surface area contributed by atoms with E-state index in [9.17, 15) is 34.8 Å². The summed E-state index contributed by atoms with van der Waals surface area (Å²) in [4.78, 5) is 38.3. The Balaban J connectivity index is 1.14. The smallest absolute Gasteiger partial charge is 0.303 e. The number of benzene rings is 1. The van der Waals surface area contributed by atoms with Crippen LogP contribution in [0.2, 0.25) is 0 Å². The lowest BCUT2D eigenvalue weighted by Gasteiger charge is -2.46. The maximum Gasteiger partial charge on any atom is 0.303 e. The van der Waals surface area contributed by atoms with Gasteiger partial charge in [-0.1, -0.05) is 56.0 Å². The van der Waals surface area contributed by atoms with Crippen LogP contribution in [0.25, 0.3) is 0 Å². The number of carbonyl (C=O) groups excluding carboxylic acids is 3. The minimum Gasteiger partial charge on any atom is -0.465 e. The summed E-state index contributed by atoms with van der Waals surface area (Å²) in [6.07, 6.45) is 0.284. The van der Waals surface area contributed by atoms with Crippen molar-refractivity contribution in [3.63, 3.8) is 0 Å². The lowest BCUT2D eigenvalue weighted by molar-refractivity contribution is -0.318. The Hall–Kier alpha value is -2.92. The third-order valence-electron chi connectivity index (χ3n) is 14.2. The number of alkyl halides is 1. The maximum atomic E-state index is 12.4. The summed E-state index contributed by atoms with van der Waals surface area (Å²) in [5.74, 6) is -1.84. The van der Waals surface area contributed by atoms with E-state index in [1.165, 1.54) is 25.0 Å². The number of amides is 1. The van der Waals surface area contributed by atoms with Gasteiger partial charge in [0.15, 0.2) is 12.4 Å². The topological polar surface area (TPSA) is 191 Å². The lowest BCUT2D eigenvalue weighted by atomic mass is 9.68. The van der Waals surface area contributed by atoms with Gasteiger partial charge in [-0.25, -0.2) is 0 Å². The summed E-state index contributed by atoms with van der Waals surface area (Å²) in [6, 6.07) is 6.33. The predicted octanol–water partition coefficient (Wildman–Crippen LogP) is 4.96. The first-order valence-electron chi connectivity index (χ1n) is 22.9. The standard InChI is InChI=1S/C48H70ClNO13/c1-27(24-60-29(3)51)35-21-39(53)48(5)22-36-33(25-58-6)15-16-34(36)28(2)42(55)45(41(35)48)63-47-44(57)46(61-30(4)52)43(56)38(62-47)26-59-19-10-8-7-9-12-31-14-17-37-32(20-31)13-11-18-50(37)40(54)23-49/h14,17,20,22,27-28,33-34,38-39,42-47,53,55-57H,7-13,15-16,18-19,21,23-26H2,1-6H3/b36-22-/t27-,28-,33-,34+,38?,39+,42-,43?,44?,45-,46?,47?,48+/m1/s1. The van der Waals surface area contributed by atoms with Crippen LogP contribution in [0.4, 0.5) is 5.69 Å². The Kier molecular flexibility index (Phi) is 17.3. The second-order valence-electron chi connectivity index (χ2n) is 18.6. The van der Waals surface area contributed by atoms with Gasteiger partial charge < -0.3 is 53.7 Å². The molecule has 3 aliphatic carbocycles. The highest BCUT2D eigenvalue weighted by Crippen LogP contribution is 2.56. The molecule has 1 aromatic carbocycles. The van der Waals surface area contributed by atoms with Gasteiger partial charge in [0.1, 0.15) is 30.3 Å². The minimum absolute atomic E-state index is 0.0280. The Labute approximate surface area is 377 Å². The Morgan fingerprint density at radius 1 is 1.00 bits per heavy atom. The zero-order valence-corrected chi connectivity index (χ0v) is 38.6. The number of rotatable bonds is 18. The van der Waals surface area contributed by atoms with Crippen molar-refractivity contribution in [3.05, 3.63) is 52.1 Å². The molecule has 5 unspecified atom stereocenters. The molecule has 0 spiro atoms. The van der Waals surface area contributed by atoms with E-state index in [0.29, 0.717) is 25.3 Å². The van der Waals surface area contributed by atoms with Crippen molar-refractivity contribution in [3.8, 4) is 0 Å². The Bertz CT molecular complexity index is 1820. The third kappa shape index (κ3) is 11.2. The molecule has 352 valence electrons. The number of methoxy groups -OCH3 is 1. The van der Waals surface area contributed by atoms with E-state index in [2.05, 4.69) is 18.2 Å². The number of fused-ring (bicyclic) bond motifs is 3. The lowest BCUT2D eigenvalue weighted by Crippen LogP contribution is -2.62. The fourth-order valence-corrected chi connectivity index (χ4v) is 10.9. The van der Waals surface area contributed by atoms with Crippen LogP contribution in [0, 0.1) is 29.1 Å².